The first-order valence-electron chi connectivity index (χ1n) is 7.10. The molecular weight excluding hydrogens is 252 g/mol. The molecule has 1 unspecified atom stereocenters. The molecule has 0 radical (unpaired) electrons. The highest BCUT2D eigenvalue weighted by atomic mass is 15.5. The first-order valence-corrected chi connectivity index (χ1v) is 7.10. The van der Waals surface area contributed by atoms with Gasteiger partial charge in [0.25, 0.3) is 0 Å². The number of hydrogen-bond acceptors (Lipinski definition) is 5. The van der Waals surface area contributed by atoms with E-state index in [0.29, 0.717) is 23.3 Å². The van der Waals surface area contributed by atoms with Crippen LogP contribution in [-0.2, 0) is 0 Å². The van der Waals surface area contributed by atoms with Crippen molar-refractivity contribution in [3.8, 4) is 11.4 Å². The Hall–Kier alpha value is -2.11. The molecular formula is C14H20N6. The number of nitrogens with two attached hydrogens (primary N) is 2. The molecule has 1 fully saturated rings. The monoisotopic (exact) mass is 272 g/mol. The average molecular weight is 272 g/mol. The van der Waals surface area contributed by atoms with Crippen molar-refractivity contribution in [3.63, 3.8) is 0 Å². The van der Waals surface area contributed by atoms with Crippen LogP contribution in [0.15, 0.2) is 18.2 Å². The highest BCUT2D eigenvalue weighted by Gasteiger charge is 2.26. The van der Waals surface area contributed by atoms with Gasteiger partial charge in [0.15, 0.2) is 5.82 Å². The second kappa shape index (κ2) is 5.11. The lowest BCUT2D eigenvalue weighted by Crippen LogP contribution is -2.17. The molecule has 2 aromatic rings. The summed E-state index contributed by atoms with van der Waals surface area (Å²) in [5.41, 5.74) is 13.9. The van der Waals surface area contributed by atoms with Crippen LogP contribution in [0, 0.1) is 5.92 Å². The van der Waals surface area contributed by atoms with Gasteiger partial charge in [0.05, 0.1) is 6.04 Å². The fraction of sp³-hybridized carbons (Fsp3) is 0.500. The quantitative estimate of drug-likeness (QED) is 0.835. The first kappa shape index (κ1) is 12.9. The van der Waals surface area contributed by atoms with Crippen LogP contribution < -0.4 is 11.5 Å². The molecule has 1 saturated carbocycles. The summed E-state index contributed by atoms with van der Waals surface area (Å²) in [7, 11) is 0. The van der Waals surface area contributed by atoms with Gasteiger partial charge in [-0.3, -0.25) is 0 Å². The average Bonchev–Trinajstić information content (AvgIpc) is 3.09. The van der Waals surface area contributed by atoms with Crippen LogP contribution in [0.2, 0.25) is 0 Å². The summed E-state index contributed by atoms with van der Waals surface area (Å²) in [6, 6.07) is 5.74. The third-order valence-electron chi connectivity index (χ3n) is 4.28. The maximum absolute atomic E-state index is 6.05. The van der Waals surface area contributed by atoms with Gasteiger partial charge in [0, 0.05) is 16.9 Å². The van der Waals surface area contributed by atoms with Crippen LogP contribution >= 0.6 is 0 Å². The largest absolute Gasteiger partial charge is 0.399 e. The van der Waals surface area contributed by atoms with Gasteiger partial charge in [-0.1, -0.05) is 12.8 Å². The summed E-state index contributed by atoms with van der Waals surface area (Å²) < 4.78 is 1.90. The zero-order chi connectivity index (χ0) is 14.1. The second-order valence-corrected chi connectivity index (χ2v) is 5.58. The molecule has 0 aliphatic heterocycles. The van der Waals surface area contributed by atoms with E-state index in [0.717, 1.165) is 11.4 Å². The predicted molar refractivity (Wildman–Crippen MR) is 78.7 cm³/mol. The zero-order valence-corrected chi connectivity index (χ0v) is 11.7. The third-order valence-corrected chi connectivity index (χ3v) is 4.28. The molecule has 0 bridgehead atoms. The van der Waals surface area contributed by atoms with Crippen LogP contribution in [-0.4, -0.2) is 20.2 Å². The molecule has 1 aliphatic carbocycles. The molecule has 1 aromatic carbocycles. The Morgan fingerprint density at radius 1 is 1.25 bits per heavy atom. The summed E-state index contributed by atoms with van der Waals surface area (Å²) in [6.45, 7) is 2.18. The first-order chi connectivity index (χ1) is 9.66. The van der Waals surface area contributed by atoms with Crippen LogP contribution in [0.1, 0.15) is 38.6 Å². The molecule has 20 heavy (non-hydrogen) atoms. The molecule has 0 saturated heterocycles. The minimum atomic E-state index is 0.291. The Morgan fingerprint density at radius 3 is 2.70 bits per heavy atom. The number of aromatic nitrogens is 4. The van der Waals surface area contributed by atoms with E-state index in [4.69, 9.17) is 11.5 Å². The fourth-order valence-electron chi connectivity index (χ4n) is 3.07. The lowest BCUT2D eigenvalue weighted by atomic mass is 9.99. The standard InChI is InChI=1S/C14H20N6/c1-9(10-4-2-3-5-10)20-14(17-18-19-20)12-7-6-11(15)8-13(12)16/h6-10H,2-5,15-16H2,1H3. The van der Waals surface area contributed by atoms with E-state index < -0.39 is 0 Å². The molecule has 6 heteroatoms. The van der Waals surface area contributed by atoms with E-state index in [2.05, 4.69) is 22.4 Å². The number of nitrogen functional groups attached to an aromatic ring is 2. The van der Waals surface area contributed by atoms with Crippen molar-refractivity contribution in [1.82, 2.24) is 20.2 Å². The Labute approximate surface area is 118 Å². The summed E-state index contributed by atoms with van der Waals surface area (Å²) >= 11 is 0. The Bertz CT molecular complexity index is 599. The Kier molecular flexibility index (Phi) is 3.30. The molecule has 4 N–H and O–H groups in total. The highest BCUT2D eigenvalue weighted by Crippen LogP contribution is 2.36. The minimum Gasteiger partial charge on any atom is -0.399 e. The molecule has 1 aliphatic rings. The van der Waals surface area contributed by atoms with E-state index in [-0.39, 0.29) is 0 Å². The molecule has 1 heterocycles. The molecule has 0 amide bonds. The SMILES string of the molecule is CC(C1CCCC1)n1nnnc1-c1ccc(N)cc1N. The van der Waals surface area contributed by atoms with Crippen LogP contribution in [0.25, 0.3) is 11.4 Å². The van der Waals surface area contributed by atoms with E-state index in [1.807, 2.05) is 16.8 Å². The number of anilines is 2. The summed E-state index contributed by atoms with van der Waals surface area (Å²) in [5.74, 6) is 1.37. The highest BCUT2D eigenvalue weighted by molar-refractivity contribution is 5.74. The van der Waals surface area contributed by atoms with E-state index >= 15 is 0 Å². The number of hydrogen-bond donors (Lipinski definition) is 2. The van der Waals surface area contributed by atoms with E-state index in [1.54, 1.807) is 6.07 Å². The maximum Gasteiger partial charge on any atom is 0.184 e. The van der Waals surface area contributed by atoms with Crippen molar-refractivity contribution in [1.29, 1.82) is 0 Å². The lowest BCUT2D eigenvalue weighted by Gasteiger charge is -2.20. The predicted octanol–water partition coefficient (Wildman–Crippen LogP) is 2.26. The smallest absolute Gasteiger partial charge is 0.184 e. The van der Waals surface area contributed by atoms with E-state index in [1.165, 1.54) is 25.7 Å². The summed E-state index contributed by atoms with van der Waals surface area (Å²) in [4.78, 5) is 0. The maximum atomic E-state index is 6.05. The van der Waals surface area contributed by atoms with Crippen LogP contribution in [0.3, 0.4) is 0 Å². The van der Waals surface area contributed by atoms with Crippen molar-refractivity contribution in [2.75, 3.05) is 11.5 Å². The number of rotatable bonds is 3. The topological polar surface area (TPSA) is 95.6 Å². The van der Waals surface area contributed by atoms with Crippen molar-refractivity contribution in [3.05, 3.63) is 18.2 Å². The number of benzene rings is 1. The minimum absolute atomic E-state index is 0.291. The van der Waals surface area contributed by atoms with Crippen LogP contribution in [0.4, 0.5) is 11.4 Å². The normalized spacial score (nSPS) is 17.4. The van der Waals surface area contributed by atoms with Gasteiger partial charge in [-0.25, -0.2) is 4.68 Å². The van der Waals surface area contributed by atoms with Crippen LogP contribution in [0.5, 0.6) is 0 Å². The fourth-order valence-corrected chi connectivity index (χ4v) is 3.07. The number of tetrazole rings is 1. The number of nitrogens with zero attached hydrogens (tertiary/aromatic N) is 4. The summed E-state index contributed by atoms with van der Waals surface area (Å²) in [5, 5.41) is 12.2. The zero-order valence-electron chi connectivity index (χ0n) is 11.7. The van der Waals surface area contributed by atoms with Crippen molar-refractivity contribution < 1.29 is 0 Å². The molecule has 6 nitrogen and oxygen atoms in total. The molecule has 3 rings (SSSR count). The molecule has 106 valence electrons. The van der Waals surface area contributed by atoms with Gasteiger partial charge >= 0.3 is 0 Å². The van der Waals surface area contributed by atoms with Gasteiger partial charge in [0.2, 0.25) is 0 Å². The Morgan fingerprint density at radius 2 is 2.00 bits per heavy atom. The van der Waals surface area contributed by atoms with Crippen molar-refractivity contribution in [2.24, 2.45) is 5.92 Å². The van der Waals surface area contributed by atoms with Crippen molar-refractivity contribution in [2.45, 2.75) is 38.6 Å². The van der Waals surface area contributed by atoms with Gasteiger partial charge < -0.3 is 11.5 Å². The van der Waals surface area contributed by atoms with Crippen molar-refractivity contribution >= 4 is 11.4 Å². The molecule has 0 spiro atoms. The summed E-state index contributed by atoms with van der Waals surface area (Å²) in [6.07, 6.45) is 5.10. The van der Waals surface area contributed by atoms with Gasteiger partial charge in [-0.2, -0.15) is 0 Å². The van der Waals surface area contributed by atoms with E-state index in [9.17, 15) is 0 Å². The Balaban J connectivity index is 1.97. The van der Waals surface area contributed by atoms with Gasteiger partial charge in [0.1, 0.15) is 0 Å². The second-order valence-electron chi connectivity index (χ2n) is 5.58. The van der Waals surface area contributed by atoms with Gasteiger partial charge in [-0.05, 0) is 54.3 Å². The van der Waals surface area contributed by atoms with Gasteiger partial charge in [-0.15, -0.1) is 5.10 Å². The molecule has 1 atom stereocenters. The lowest BCUT2D eigenvalue weighted by molar-refractivity contribution is 0.332. The molecule has 1 aromatic heterocycles. The third kappa shape index (κ3) is 2.21.